The number of hydrogen-bond donors (Lipinski definition) is 2. The number of carbonyl (C=O) groups excluding carboxylic acids is 1. The van der Waals surface area contributed by atoms with Gasteiger partial charge in [0.15, 0.2) is 0 Å². The highest BCUT2D eigenvalue weighted by Crippen LogP contribution is 2.37. The number of carbonyl (C=O) groups is 1. The van der Waals surface area contributed by atoms with Crippen molar-refractivity contribution < 1.29 is 4.79 Å². The zero-order valence-corrected chi connectivity index (χ0v) is 14.3. The summed E-state index contributed by atoms with van der Waals surface area (Å²) in [5.41, 5.74) is 5.23. The number of nitrogens with zero attached hydrogens (tertiary/aromatic N) is 1. The number of amides is 1. The standard InChI is InChI=1S/C17H35N3O/c1-4-6-12-20(13-7-5-2)14-10-15-9-8-11-17(15,19-3)16(18)21/h15,19H,4-14H2,1-3H3,(H2,18,21). The summed E-state index contributed by atoms with van der Waals surface area (Å²) in [6.07, 6.45) is 9.23. The van der Waals surface area contributed by atoms with E-state index in [-0.39, 0.29) is 5.91 Å². The van der Waals surface area contributed by atoms with Crippen molar-refractivity contribution in [3.63, 3.8) is 0 Å². The Morgan fingerprint density at radius 1 is 1.24 bits per heavy atom. The molecule has 0 heterocycles. The van der Waals surface area contributed by atoms with Crippen LogP contribution in [0.2, 0.25) is 0 Å². The second-order valence-corrected chi connectivity index (χ2v) is 6.51. The monoisotopic (exact) mass is 297 g/mol. The van der Waals surface area contributed by atoms with Gasteiger partial charge in [-0.05, 0) is 64.7 Å². The first kappa shape index (κ1) is 18.4. The summed E-state index contributed by atoms with van der Waals surface area (Å²) >= 11 is 0. The van der Waals surface area contributed by atoms with E-state index in [0.29, 0.717) is 5.92 Å². The van der Waals surface area contributed by atoms with E-state index in [4.69, 9.17) is 5.73 Å². The molecule has 0 aromatic heterocycles. The van der Waals surface area contributed by atoms with E-state index in [0.717, 1.165) is 32.2 Å². The molecule has 0 spiro atoms. The van der Waals surface area contributed by atoms with Crippen LogP contribution in [0.3, 0.4) is 0 Å². The summed E-state index contributed by atoms with van der Waals surface area (Å²) in [4.78, 5) is 14.5. The Kier molecular flexibility index (Phi) is 8.27. The van der Waals surface area contributed by atoms with Gasteiger partial charge in [-0.1, -0.05) is 33.1 Å². The van der Waals surface area contributed by atoms with Crippen molar-refractivity contribution in [3.05, 3.63) is 0 Å². The molecule has 0 radical (unpaired) electrons. The second kappa shape index (κ2) is 9.42. The first-order valence-corrected chi connectivity index (χ1v) is 8.81. The molecule has 1 saturated carbocycles. The van der Waals surface area contributed by atoms with Crippen molar-refractivity contribution in [1.82, 2.24) is 10.2 Å². The van der Waals surface area contributed by atoms with E-state index in [1.54, 1.807) is 0 Å². The van der Waals surface area contributed by atoms with E-state index in [9.17, 15) is 4.79 Å². The Labute approximate surface area is 130 Å². The molecule has 1 amide bonds. The largest absolute Gasteiger partial charge is 0.368 e. The highest BCUT2D eigenvalue weighted by Gasteiger charge is 2.46. The van der Waals surface area contributed by atoms with Crippen LogP contribution in [0.25, 0.3) is 0 Å². The molecule has 2 unspecified atom stereocenters. The fourth-order valence-electron chi connectivity index (χ4n) is 3.68. The van der Waals surface area contributed by atoms with Gasteiger partial charge >= 0.3 is 0 Å². The zero-order valence-electron chi connectivity index (χ0n) is 14.3. The highest BCUT2D eigenvalue weighted by atomic mass is 16.1. The number of likely N-dealkylation sites (N-methyl/N-ethyl adjacent to an activating group) is 1. The fraction of sp³-hybridized carbons (Fsp3) is 0.941. The van der Waals surface area contributed by atoms with Gasteiger partial charge in [0, 0.05) is 0 Å². The lowest BCUT2D eigenvalue weighted by atomic mass is 9.84. The van der Waals surface area contributed by atoms with Gasteiger partial charge in [0.25, 0.3) is 0 Å². The third kappa shape index (κ3) is 4.96. The lowest BCUT2D eigenvalue weighted by molar-refractivity contribution is -0.125. The maximum Gasteiger partial charge on any atom is 0.238 e. The lowest BCUT2D eigenvalue weighted by Crippen LogP contribution is -2.56. The number of hydrogen-bond acceptors (Lipinski definition) is 3. The smallest absolute Gasteiger partial charge is 0.238 e. The van der Waals surface area contributed by atoms with Crippen molar-refractivity contribution >= 4 is 5.91 Å². The first-order chi connectivity index (χ1) is 10.1. The van der Waals surface area contributed by atoms with Crippen molar-refractivity contribution in [2.75, 3.05) is 26.7 Å². The van der Waals surface area contributed by atoms with Crippen LogP contribution >= 0.6 is 0 Å². The van der Waals surface area contributed by atoms with E-state index in [1.165, 1.54) is 38.8 Å². The van der Waals surface area contributed by atoms with Gasteiger partial charge in [0.2, 0.25) is 5.91 Å². The Morgan fingerprint density at radius 3 is 2.33 bits per heavy atom. The van der Waals surface area contributed by atoms with Crippen molar-refractivity contribution in [3.8, 4) is 0 Å². The fourth-order valence-corrected chi connectivity index (χ4v) is 3.68. The molecule has 0 aromatic rings. The average molecular weight is 297 g/mol. The molecule has 2 atom stereocenters. The van der Waals surface area contributed by atoms with E-state index >= 15 is 0 Å². The average Bonchev–Trinajstić information content (AvgIpc) is 2.90. The van der Waals surface area contributed by atoms with Crippen molar-refractivity contribution in [2.45, 2.75) is 70.8 Å². The molecule has 1 rings (SSSR count). The predicted octanol–water partition coefficient (Wildman–Crippen LogP) is 2.52. The van der Waals surface area contributed by atoms with E-state index in [1.807, 2.05) is 7.05 Å². The molecule has 0 aromatic carbocycles. The lowest BCUT2D eigenvalue weighted by Gasteiger charge is -2.33. The Bertz CT molecular complexity index is 300. The van der Waals surface area contributed by atoms with Gasteiger partial charge < -0.3 is 16.0 Å². The minimum Gasteiger partial charge on any atom is -0.368 e. The summed E-state index contributed by atoms with van der Waals surface area (Å²) in [5, 5.41) is 3.24. The van der Waals surface area contributed by atoms with Gasteiger partial charge in [0.1, 0.15) is 5.54 Å². The van der Waals surface area contributed by atoms with Gasteiger partial charge in [0.05, 0.1) is 0 Å². The van der Waals surface area contributed by atoms with Gasteiger partial charge in [-0.15, -0.1) is 0 Å². The maximum absolute atomic E-state index is 11.9. The molecule has 1 fully saturated rings. The number of nitrogens with one attached hydrogen (secondary N) is 1. The number of primary amides is 1. The molecular formula is C17H35N3O. The first-order valence-electron chi connectivity index (χ1n) is 8.81. The zero-order chi connectivity index (χ0) is 15.7. The van der Waals surface area contributed by atoms with E-state index < -0.39 is 5.54 Å². The second-order valence-electron chi connectivity index (χ2n) is 6.51. The van der Waals surface area contributed by atoms with Gasteiger partial charge in [-0.25, -0.2) is 0 Å². The van der Waals surface area contributed by atoms with E-state index in [2.05, 4.69) is 24.1 Å². The molecule has 124 valence electrons. The summed E-state index contributed by atoms with van der Waals surface area (Å²) in [6, 6.07) is 0. The summed E-state index contributed by atoms with van der Waals surface area (Å²) in [5.74, 6) is 0.229. The van der Waals surface area contributed by atoms with Crippen LogP contribution in [0, 0.1) is 5.92 Å². The van der Waals surface area contributed by atoms with Crippen molar-refractivity contribution in [1.29, 1.82) is 0 Å². The molecule has 0 aliphatic heterocycles. The number of unbranched alkanes of at least 4 members (excludes halogenated alkanes) is 2. The molecule has 0 bridgehead atoms. The molecular weight excluding hydrogens is 262 g/mol. The molecule has 4 nitrogen and oxygen atoms in total. The minimum atomic E-state index is -0.457. The topological polar surface area (TPSA) is 58.4 Å². The third-order valence-corrected chi connectivity index (χ3v) is 5.16. The Morgan fingerprint density at radius 2 is 1.86 bits per heavy atom. The van der Waals surface area contributed by atoms with Crippen LogP contribution in [-0.2, 0) is 4.79 Å². The van der Waals surface area contributed by atoms with Gasteiger partial charge in [-0.3, -0.25) is 4.79 Å². The molecule has 1 aliphatic rings. The molecule has 4 heteroatoms. The maximum atomic E-state index is 11.9. The number of rotatable bonds is 11. The summed E-state index contributed by atoms with van der Waals surface area (Å²) in [6.45, 7) is 7.96. The molecule has 21 heavy (non-hydrogen) atoms. The normalized spacial score (nSPS) is 25.6. The third-order valence-electron chi connectivity index (χ3n) is 5.16. The SMILES string of the molecule is CCCCN(CCCC)CCC1CCCC1(NC)C(N)=O. The molecule has 1 aliphatic carbocycles. The predicted molar refractivity (Wildman–Crippen MR) is 89.2 cm³/mol. The summed E-state index contributed by atoms with van der Waals surface area (Å²) in [7, 11) is 1.88. The number of nitrogens with two attached hydrogens (primary N) is 1. The quantitative estimate of drug-likeness (QED) is 0.616. The van der Waals surface area contributed by atoms with Crippen molar-refractivity contribution in [2.24, 2.45) is 11.7 Å². The van der Waals surface area contributed by atoms with Crippen LogP contribution in [0.4, 0.5) is 0 Å². The van der Waals surface area contributed by atoms with Crippen LogP contribution in [0.5, 0.6) is 0 Å². The molecule has 0 saturated heterocycles. The Balaban J connectivity index is 2.54. The van der Waals surface area contributed by atoms with Crippen LogP contribution in [0.1, 0.15) is 65.2 Å². The van der Waals surface area contributed by atoms with Gasteiger partial charge in [-0.2, -0.15) is 0 Å². The van der Waals surface area contributed by atoms with Crippen LogP contribution in [-0.4, -0.2) is 43.0 Å². The highest BCUT2D eigenvalue weighted by molar-refractivity contribution is 5.85. The molecule has 3 N–H and O–H groups in total. The van der Waals surface area contributed by atoms with Crippen LogP contribution in [0.15, 0.2) is 0 Å². The minimum absolute atomic E-state index is 0.166. The summed E-state index contributed by atoms with van der Waals surface area (Å²) < 4.78 is 0. The van der Waals surface area contributed by atoms with Crippen LogP contribution < -0.4 is 11.1 Å². The Hall–Kier alpha value is -0.610.